The monoisotopic (exact) mass is 212 g/mol. The average Bonchev–Trinajstić information content (AvgIpc) is 2.52. The Labute approximate surface area is 87.6 Å². The van der Waals surface area contributed by atoms with Crippen LogP contribution in [0.4, 0.5) is 5.69 Å². The van der Waals surface area contributed by atoms with Crippen molar-refractivity contribution in [3.05, 3.63) is 29.8 Å². The summed E-state index contributed by atoms with van der Waals surface area (Å²) < 4.78 is 5.12. The summed E-state index contributed by atoms with van der Waals surface area (Å²) in [5.74, 6) is 0.241. The second-order valence-electron chi connectivity index (χ2n) is 3.19. The summed E-state index contributed by atoms with van der Waals surface area (Å²) in [5.41, 5.74) is 1.34. The summed E-state index contributed by atoms with van der Waals surface area (Å²) in [6, 6.07) is 6.98. The van der Waals surface area contributed by atoms with Crippen molar-refractivity contribution in [1.29, 1.82) is 0 Å². The van der Waals surface area contributed by atoms with Crippen molar-refractivity contribution < 1.29 is 9.84 Å². The summed E-state index contributed by atoms with van der Waals surface area (Å²) in [6.07, 6.45) is 0.856. The number of benzene rings is 1. The molecule has 0 saturated carbocycles. The van der Waals surface area contributed by atoms with E-state index < -0.39 is 0 Å². The van der Waals surface area contributed by atoms with E-state index in [1.807, 2.05) is 6.07 Å². The Balaban J connectivity index is 2.03. The first-order valence-electron chi connectivity index (χ1n) is 4.46. The molecule has 1 heterocycles. The lowest BCUT2D eigenvalue weighted by atomic mass is 10.2. The number of ether oxygens (including phenoxy) is 1. The number of hydrogen-bond acceptors (Lipinski definition) is 3. The van der Waals surface area contributed by atoms with Crippen molar-refractivity contribution in [2.75, 3.05) is 11.9 Å². The number of aromatic hydroxyl groups is 1. The molecule has 14 heavy (non-hydrogen) atoms. The molecular formula is C10H11ClNO2. The molecule has 1 aliphatic rings. The Morgan fingerprint density at radius 2 is 2.36 bits per heavy atom. The third-order valence-corrected chi connectivity index (χ3v) is 2.48. The van der Waals surface area contributed by atoms with Gasteiger partial charge in [-0.05, 0) is 18.6 Å². The van der Waals surface area contributed by atoms with Crippen LogP contribution in [-0.2, 0) is 4.74 Å². The Hall–Kier alpha value is -0.930. The average molecular weight is 213 g/mol. The highest BCUT2D eigenvalue weighted by Gasteiger charge is 2.27. The van der Waals surface area contributed by atoms with Crippen LogP contribution >= 0.6 is 11.6 Å². The molecule has 0 amide bonds. The number of phenols is 1. The van der Waals surface area contributed by atoms with Crippen molar-refractivity contribution in [1.82, 2.24) is 0 Å². The molecule has 0 bridgehead atoms. The molecule has 1 aliphatic heterocycles. The van der Waals surface area contributed by atoms with Crippen molar-refractivity contribution >= 4 is 17.3 Å². The predicted octanol–water partition coefficient (Wildman–Crippen LogP) is 2.32. The summed E-state index contributed by atoms with van der Waals surface area (Å²) in [7, 11) is 0. The minimum absolute atomic E-state index is 0.0402. The molecule has 1 atom stereocenters. The minimum Gasteiger partial charge on any atom is -0.508 e. The molecule has 2 rings (SSSR count). The highest BCUT2D eigenvalue weighted by atomic mass is 35.5. The largest absolute Gasteiger partial charge is 0.508 e. The first kappa shape index (κ1) is 9.62. The normalized spacial score (nSPS) is 22.5. The van der Waals surface area contributed by atoms with Crippen LogP contribution in [0.3, 0.4) is 0 Å². The highest BCUT2D eigenvalue weighted by Crippen LogP contribution is 2.28. The van der Waals surface area contributed by atoms with E-state index in [1.165, 1.54) is 0 Å². The fourth-order valence-electron chi connectivity index (χ4n) is 1.41. The molecule has 4 heteroatoms. The smallest absolute Gasteiger partial charge is 0.206 e. The zero-order valence-corrected chi connectivity index (χ0v) is 8.29. The topological polar surface area (TPSA) is 41.5 Å². The first-order valence-corrected chi connectivity index (χ1v) is 4.84. The van der Waals surface area contributed by atoms with Gasteiger partial charge in [-0.1, -0.05) is 17.7 Å². The molecular weight excluding hydrogens is 202 g/mol. The van der Waals surface area contributed by atoms with E-state index in [0.717, 1.165) is 12.1 Å². The zero-order chi connectivity index (χ0) is 9.97. The fraction of sp³-hybridized carbons (Fsp3) is 0.300. The molecule has 2 N–H and O–H groups in total. The van der Waals surface area contributed by atoms with Crippen LogP contribution in [0.2, 0.25) is 0 Å². The van der Waals surface area contributed by atoms with E-state index >= 15 is 0 Å². The number of hydrogen-bond donors (Lipinski definition) is 2. The van der Waals surface area contributed by atoms with E-state index in [2.05, 4.69) is 5.32 Å². The molecule has 1 fully saturated rings. The standard InChI is InChI=1S/C10H11ClNO2/c11-10-9(4-5-14-10)12-7-2-1-3-8(13)6-7/h1-3,6,9,12-13H,4-5H2. The molecule has 0 aromatic heterocycles. The minimum atomic E-state index is 0.0402. The van der Waals surface area contributed by atoms with Gasteiger partial charge >= 0.3 is 0 Å². The maximum Gasteiger partial charge on any atom is 0.206 e. The van der Waals surface area contributed by atoms with Crippen LogP contribution < -0.4 is 5.32 Å². The molecule has 0 aliphatic carbocycles. The maximum atomic E-state index is 9.24. The molecule has 1 aromatic rings. The van der Waals surface area contributed by atoms with Crippen molar-refractivity contribution in [2.24, 2.45) is 0 Å². The third-order valence-electron chi connectivity index (χ3n) is 2.11. The Morgan fingerprint density at radius 3 is 3.00 bits per heavy atom. The van der Waals surface area contributed by atoms with Crippen LogP contribution in [0.25, 0.3) is 0 Å². The Kier molecular flexibility index (Phi) is 2.79. The lowest BCUT2D eigenvalue weighted by Gasteiger charge is -2.14. The van der Waals surface area contributed by atoms with Gasteiger partial charge in [0.25, 0.3) is 0 Å². The van der Waals surface area contributed by atoms with Gasteiger partial charge in [0, 0.05) is 11.8 Å². The van der Waals surface area contributed by atoms with E-state index in [0.29, 0.717) is 12.2 Å². The molecule has 3 nitrogen and oxygen atoms in total. The predicted molar refractivity (Wildman–Crippen MR) is 55.2 cm³/mol. The maximum absolute atomic E-state index is 9.24. The van der Waals surface area contributed by atoms with Crippen molar-refractivity contribution in [2.45, 2.75) is 12.5 Å². The van der Waals surface area contributed by atoms with Crippen molar-refractivity contribution in [3.63, 3.8) is 0 Å². The number of anilines is 1. The molecule has 1 saturated heterocycles. The van der Waals surface area contributed by atoms with E-state index in [4.69, 9.17) is 16.3 Å². The molecule has 0 spiro atoms. The lowest BCUT2D eigenvalue weighted by Crippen LogP contribution is -2.19. The van der Waals surface area contributed by atoms with Crippen LogP contribution in [0.15, 0.2) is 24.3 Å². The van der Waals surface area contributed by atoms with Gasteiger partial charge in [0.1, 0.15) is 5.75 Å². The van der Waals surface area contributed by atoms with E-state index in [1.54, 1.807) is 18.2 Å². The molecule has 1 radical (unpaired) electrons. The Bertz CT molecular complexity index is 319. The fourth-order valence-corrected chi connectivity index (χ4v) is 1.65. The second kappa shape index (κ2) is 4.07. The third kappa shape index (κ3) is 2.11. The quantitative estimate of drug-likeness (QED) is 0.791. The van der Waals surface area contributed by atoms with Crippen molar-refractivity contribution in [3.8, 4) is 5.75 Å². The van der Waals surface area contributed by atoms with Crippen LogP contribution in [0.1, 0.15) is 6.42 Å². The molecule has 1 aromatic carbocycles. The van der Waals surface area contributed by atoms with Crippen LogP contribution in [0.5, 0.6) is 5.75 Å². The van der Waals surface area contributed by atoms with E-state index in [-0.39, 0.29) is 11.8 Å². The van der Waals surface area contributed by atoms with Gasteiger partial charge in [0.05, 0.1) is 12.6 Å². The molecule has 1 unspecified atom stereocenters. The SMILES string of the molecule is Oc1cccc(NC2CCO[C]2Cl)c1. The summed E-state index contributed by atoms with van der Waals surface area (Å²) >= 11 is 5.84. The Morgan fingerprint density at radius 1 is 1.50 bits per heavy atom. The number of nitrogens with one attached hydrogen (secondary N) is 1. The van der Waals surface area contributed by atoms with Crippen LogP contribution in [0, 0.1) is 5.56 Å². The zero-order valence-electron chi connectivity index (χ0n) is 7.53. The van der Waals surface area contributed by atoms with Crippen LogP contribution in [-0.4, -0.2) is 17.8 Å². The van der Waals surface area contributed by atoms with Gasteiger partial charge in [0.15, 0.2) is 0 Å². The van der Waals surface area contributed by atoms with Gasteiger partial charge in [0.2, 0.25) is 5.56 Å². The summed E-state index contributed by atoms with van der Waals surface area (Å²) in [4.78, 5) is 0. The molecule has 75 valence electrons. The first-order chi connectivity index (χ1) is 6.75. The van der Waals surface area contributed by atoms with Gasteiger partial charge in [-0.25, -0.2) is 0 Å². The lowest BCUT2D eigenvalue weighted by molar-refractivity contribution is 0.235. The van der Waals surface area contributed by atoms with Gasteiger partial charge in [-0.15, -0.1) is 0 Å². The highest BCUT2D eigenvalue weighted by molar-refractivity contribution is 6.26. The number of halogens is 1. The second-order valence-corrected chi connectivity index (χ2v) is 3.56. The van der Waals surface area contributed by atoms with Gasteiger partial charge in [-0.3, -0.25) is 0 Å². The van der Waals surface area contributed by atoms with Gasteiger partial charge < -0.3 is 15.2 Å². The number of rotatable bonds is 2. The summed E-state index contributed by atoms with van der Waals surface area (Å²) in [6.45, 7) is 0.648. The van der Waals surface area contributed by atoms with Gasteiger partial charge in [-0.2, -0.15) is 0 Å². The number of phenolic OH excluding ortho intramolecular Hbond substituents is 1. The summed E-state index contributed by atoms with van der Waals surface area (Å²) in [5, 5.41) is 12.4. The van der Waals surface area contributed by atoms with E-state index in [9.17, 15) is 5.11 Å².